The molecule has 0 amide bonds. The summed E-state index contributed by atoms with van der Waals surface area (Å²) in [5, 5.41) is 13.0. The number of hydrogen-bond acceptors (Lipinski definition) is 2. The quantitative estimate of drug-likeness (QED) is 0.852. The summed E-state index contributed by atoms with van der Waals surface area (Å²) in [6.45, 7) is 3.79. The first-order chi connectivity index (χ1) is 8.97. The third-order valence-electron chi connectivity index (χ3n) is 2.96. The van der Waals surface area contributed by atoms with E-state index in [1.807, 2.05) is 26.0 Å². The Morgan fingerprint density at radius 1 is 1.21 bits per heavy atom. The largest absolute Gasteiger partial charge is 0.508 e. The van der Waals surface area contributed by atoms with Crippen LogP contribution in [0.2, 0.25) is 0 Å². The lowest BCUT2D eigenvalue weighted by Gasteiger charge is -2.17. The zero-order chi connectivity index (χ0) is 14.0. The predicted molar refractivity (Wildman–Crippen MR) is 79.0 cm³/mol. The molecule has 2 rings (SSSR count). The zero-order valence-electron chi connectivity index (χ0n) is 10.7. The topological polar surface area (TPSA) is 32.3 Å². The maximum absolute atomic E-state index is 13.7. The first-order valence-corrected chi connectivity index (χ1v) is 6.78. The Kier molecular flexibility index (Phi) is 4.10. The molecule has 0 radical (unpaired) electrons. The number of aromatic hydroxyl groups is 1. The average molecular weight is 324 g/mol. The van der Waals surface area contributed by atoms with Gasteiger partial charge in [-0.2, -0.15) is 0 Å². The number of phenolic OH excluding ortho intramolecular Hbond substituents is 1. The number of hydrogen-bond donors (Lipinski definition) is 2. The maximum Gasteiger partial charge on any atom is 0.147 e. The normalized spacial score (nSPS) is 12.2. The van der Waals surface area contributed by atoms with Crippen molar-refractivity contribution in [3.63, 3.8) is 0 Å². The highest BCUT2D eigenvalue weighted by molar-refractivity contribution is 9.10. The van der Waals surface area contributed by atoms with Crippen molar-refractivity contribution in [2.24, 2.45) is 0 Å². The Labute approximate surface area is 120 Å². The van der Waals surface area contributed by atoms with Crippen LogP contribution in [0.4, 0.5) is 10.1 Å². The van der Waals surface area contributed by atoms with Gasteiger partial charge in [-0.1, -0.05) is 28.1 Å². The summed E-state index contributed by atoms with van der Waals surface area (Å²) in [7, 11) is 0. The molecule has 1 unspecified atom stereocenters. The predicted octanol–water partition coefficient (Wildman–Crippen LogP) is 4.78. The highest BCUT2D eigenvalue weighted by Crippen LogP contribution is 2.29. The molecule has 2 nitrogen and oxygen atoms in total. The van der Waals surface area contributed by atoms with Crippen LogP contribution in [0, 0.1) is 12.7 Å². The molecule has 0 bridgehead atoms. The number of halogens is 2. The maximum atomic E-state index is 13.7. The van der Waals surface area contributed by atoms with Crippen molar-refractivity contribution in [2.45, 2.75) is 19.9 Å². The SMILES string of the molecule is Cc1ccc(C(C)Nc2ccc(Br)cc2F)c(O)c1. The number of benzene rings is 2. The minimum absolute atomic E-state index is 0.184. The van der Waals surface area contributed by atoms with Gasteiger partial charge in [0.1, 0.15) is 11.6 Å². The Balaban J connectivity index is 2.23. The third kappa shape index (κ3) is 3.26. The van der Waals surface area contributed by atoms with Crippen LogP contribution in [0.25, 0.3) is 0 Å². The van der Waals surface area contributed by atoms with E-state index in [1.54, 1.807) is 18.2 Å². The molecule has 0 heterocycles. The van der Waals surface area contributed by atoms with Crippen LogP contribution in [-0.4, -0.2) is 5.11 Å². The Hall–Kier alpha value is -1.55. The van der Waals surface area contributed by atoms with Crippen molar-refractivity contribution in [1.29, 1.82) is 0 Å². The molecular weight excluding hydrogens is 309 g/mol. The Morgan fingerprint density at radius 2 is 1.95 bits per heavy atom. The highest BCUT2D eigenvalue weighted by Gasteiger charge is 2.12. The molecule has 0 spiro atoms. The van der Waals surface area contributed by atoms with Crippen molar-refractivity contribution in [2.75, 3.05) is 5.32 Å². The van der Waals surface area contributed by atoms with Gasteiger partial charge in [0.15, 0.2) is 0 Å². The zero-order valence-corrected chi connectivity index (χ0v) is 12.3. The van der Waals surface area contributed by atoms with Gasteiger partial charge < -0.3 is 10.4 Å². The molecule has 0 aromatic heterocycles. The second-order valence-corrected chi connectivity index (χ2v) is 5.47. The van der Waals surface area contributed by atoms with E-state index in [1.165, 1.54) is 6.07 Å². The molecule has 0 saturated carbocycles. The van der Waals surface area contributed by atoms with E-state index in [-0.39, 0.29) is 17.6 Å². The summed E-state index contributed by atoms with van der Waals surface area (Å²) >= 11 is 3.22. The molecule has 2 N–H and O–H groups in total. The van der Waals surface area contributed by atoms with Crippen LogP contribution >= 0.6 is 15.9 Å². The molecule has 1 atom stereocenters. The summed E-state index contributed by atoms with van der Waals surface area (Å²) < 4.78 is 14.4. The fraction of sp³-hybridized carbons (Fsp3) is 0.200. The summed E-state index contributed by atoms with van der Waals surface area (Å²) in [6.07, 6.45) is 0. The second-order valence-electron chi connectivity index (χ2n) is 4.55. The number of rotatable bonds is 3. The molecule has 0 saturated heterocycles. The van der Waals surface area contributed by atoms with Crippen LogP contribution < -0.4 is 5.32 Å². The summed E-state index contributed by atoms with van der Waals surface area (Å²) in [4.78, 5) is 0. The van der Waals surface area contributed by atoms with E-state index >= 15 is 0 Å². The molecule has 0 aliphatic carbocycles. The molecule has 4 heteroatoms. The van der Waals surface area contributed by atoms with Gasteiger partial charge in [0.05, 0.1) is 11.7 Å². The lowest BCUT2D eigenvalue weighted by Crippen LogP contribution is -2.08. The third-order valence-corrected chi connectivity index (χ3v) is 3.45. The number of aryl methyl sites for hydroxylation is 1. The average Bonchev–Trinajstić information content (AvgIpc) is 2.32. The minimum Gasteiger partial charge on any atom is -0.508 e. The molecule has 2 aromatic carbocycles. The van der Waals surface area contributed by atoms with Crippen LogP contribution in [-0.2, 0) is 0 Å². The number of phenols is 1. The summed E-state index contributed by atoms with van der Waals surface area (Å²) in [5.41, 5.74) is 2.15. The van der Waals surface area contributed by atoms with E-state index < -0.39 is 0 Å². The van der Waals surface area contributed by atoms with Crippen LogP contribution in [0.5, 0.6) is 5.75 Å². The molecule has 0 aliphatic rings. The summed E-state index contributed by atoms with van der Waals surface area (Å²) in [5.74, 6) is -0.106. The Morgan fingerprint density at radius 3 is 2.58 bits per heavy atom. The van der Waals surface area contributed by atoms with Crippen molar-refractivity contribution < 1.29 is 9.50 Å². The van der Waals surface area contributed by atoms with Gasteiger partial charge >= 0.3 is 0 Å². The highest BCUT2D eigenvalue weighted by atomic mass is 79.9. The van der Waals surface area contributed by atoms with Crippen molar-refractivity contribution >= 4 is 21.6 Å². The molecule has 100 valence electrons. The molecule has 0 aliphatic heterocycles. The van der Waals surface area contributed by atoms with Gasteiger partial charge in [-0.05, 0) is 43.7 Å². The van der Waals surface area contributed by atoms with Crippen LogP contribution in [0.1, 0.15) is 24.1 Å². The molecule has 0 fully saturated rings. The standard InChI is InChI=1S/C15H15BrFNO/c1-9-3-5-12(15(19)7-9)10(2)18-14-6-4-11(16)8-13(14)17/h3-8,10,18-19H,1-2H3. The molecule has 2 aromatic rings. The van der Waals surface area contributed by atoms with Gasteiger partial charge in [0, 0.05) is 10.0 Å². The first-order valence-electron chi connectivity index (χ1n) is 5.98. The smallest absolute Gasteiger partial charge is 0.147 e. The monoisotopic (exact) mass is 323 g/mol. The van der Waals surface area contributed by atoms with Crippen molar-refractivity contribution in [3.8, 4) is 5.75 Å². The fourth-order valence-corrected chi connectivity index (χ4v) is 2.27. The van der Waals surface area contributed by atoms with Crippen LogP contribution in [0.3, 0.4) is 0 Å². The molecule has 19 heavy (non-hydrogen) atoms. The second kappa shape index (κ2) is 5.61. The van der Waals surface area contributed by atoms with Gasteiger partial charge in [0.25, 0.3) is 0 Å². The van der Waals surface area contributed by atoms with Gasteiger partial charge in [-0.15, -0.1) is 0 Å². The number of anilines is 1. The first kappa shape index (κ1) is 13.9. The van der Waals surface area contributed by atoms with Gasteiger partial charge in [-0.25, -0.2) is 4.39 Å². The van der Waals surface area contributed by atoms with E-state index in [2.05, 4.69) is 21.2 Å². The van der Waals surface area contributed by atoms with E-state index in [4.69, 9.17) is 0 Å². The lowest BCUT2D eigenvalue weighted by atomic mass is 10.0. The van der Waals surface area contributed by atoms with E-state index in [0.29, 0.717) is 10.2 Å². The van der Waals surface area contributed by atoms with E-state index in [0.717, 1.165) is 11.1 Å². The van der Waals surface area contributed by atoms with Crippen LogP contribution in [0.15, 0.2) is 40.9 Å². The summed E-state index contributed by atoms with van der Waals surface area (Å²) in [6, 6.07) is 10.1. The fourth-order valence-electron chi connectivity index (χ4n) is 1.94. The number of nitrogens with one attached hydrogen (secondary N) is 1. The lowest BCUT2D eigenvalue weighted by molar-refractivity contribution is 0.465. The van der Waals surface area contributed by atoms with Gasteiger partial charge in [-0.3, -0.25) is 0 Å². The molecular formula is C15H15BrFNO. The Bertz CT molecular complexity index is 601. The van der Waals surface area contributed by atoms with Crippen molar-refractivity contribution in [1.82, 2.24) is 0 Å². The van der Waals surface area contributed by atoms with Gasteiger partial charge in [0.2, 0.25) is 0 Å². The van der Waals surface area contributed by atoms with E-state index in [9.17, 15) is 9.50 Å². The minimum atomic E-state index is -0.326. The van der Waals surface area contributed by atoms with Crippen molar-refractivity contribution in [3.05, 3.63) is 57.8 Å².